The summed E-state index contributed by atoms with van der Waals surface area (Å²) in [7, 11) is 0. The van der Waals surface area contributed by atoms with Gasteiger partial charge in [-0.15, -0.1) is 0 Å². The Morgan fingerprint density at radius 2 is 1.28 bits per heavy atom. The Hall–Kier alpha value is -1.10. The van der Waals surface area contributed by atoms with Crippen LogP contribution < -0.4 is 5.73 Å². The van der Waals surface area contributed by atoms with Crippen LogP contribution in [0.4, 0.5) is 0 Å². The van der Waals surface area contributed by atoms with Crippen molar-refractivity contribution in [2.24, 2.45) is 5.73 Å². The summed E-state index contributed by atoms with van der Waals surface area (Å²) in [5, 5.41) is 0. The van der Waals surface area contributed by atoms with Crippen LogP contribution in [0.25, 0.3) is 0 Å². The highest BCUT2D eigenvalue weighted by Crippen LogP contribution is 1.99. The average molecular weight is 259 g/mol. The van der Waals surface area contributed by atoms with Crippen LogP contribution in [0, 0.1) is 0 Å². The predicted molar refractivity (Wildman–Crippen MR) is 68.9 cm³/mol. The van der Waals surface area contributed by atoms with Gasteiger partial charge in [-0.2, -0.15) is 0 Å². The molecule has 18 heavy (non-hydrogen) atoms. The molecule has 0 heterocycles. The van der Waals surface area contributed by atoms with Crippen molar-refractivity contribution in [2.45, 2.75) is 58.4 Å². The van der Waals surface area contributed by atoms with E-state index in [1.807, 2.05) is 0 Å². The lowest BCUT2D eigenvalue weighted by Crippen LogP contribution is -2.41. The molecule has 2 N–H and O–H groups in total. The summed E-state index contributed by atoms with van der Waals surface area (Å²) in [5.41, 5.74) is 5.44. The minimum Gasteiger partial charge on any atom is -0.464 e. The normalized spacial score (nSPS) is 10.4. The summed E-state index contributed by atoms with van der Waals surface area (Å²) in [6, 6.07) is -1.31. The van der Waals surface area contributed by atoms with Crippen LogP contribution in [0.3, 0.4) is 0 Å². The summed E-state index contributed by atoms with van der Waals surface area (Å²) in [6.07, 6.45) is 5.65. The SMILES string of the molecule is CCCCCOC(=O)C(N)C(=O)OCCCCC. The van der Waals surface area contributed by atoms with Gasteiger partial charge in [0, 0.05) is 0 Å². The molecule has 106 valence electrons. The number of rotatable bonds is 10. The lowest BCUT2D eigenvalue weighted by Gasteiger charge is -2.11. The molecule has 0 amide bonds. The average Bonchev–Trinajstić information content (AvgIpc) is 2.38. The van der Waals surface area contributed by atoms with Crippen LogP contribution in [-0.4, -0.2) is 31.2 Å². The second-order valence-electron chi connectivity index (χ2n) is 4.23. The molecule has 0 aromatic rings. The molecule has 0 atom stereocenters. The number of ether oxygens (including phenoxy) is 2. The highest BCUT2D eigenvalue weighted by atomic mass is 16.6. The molecular weight excluding hydrogens is 234 g/mol. The van der Waals surface area contributed by atoms with E-state index in [0.717, 1.165) is 38.5 Å². The molecule has 0 fully saturated rings. The monoisotopic (exact) mass is 259 g/mol. The topological polar surface area (TPSA) is 78.6 Å². The molecule has 0 aliphatic carbocycles. The minimum atomic E-state index is -1.31. The maximum atomic E-state index is 11.4. The molecule has 0 saturated heterocycles. The quantitative estimate of drug-likeness (QED) is 0.367. The van der Waals surface area contributed by atoms with E-state index in [0.29, 0.717) is 13.2 Å². The minimum absolute atomic E-state index is 0.309. The van der Waals surface area contributed by atoms with Crippen molar-refractivity contribution in [3.8, 4) is 0 Å². The van der Waals surface area contributed by atoms with Crippen molar-refractivity contribution < 1.29 is 19.1 Å². The highest BCUT2D eigenvalue weighted by Gasteiger charge is 2.24. The Morgan fingerprint density at radius 1 is 0.889 bits per heavy atom. The summed E-state index contributed by atoms with van der Waals surface area (Å²) >= 11 is 0. The Morgan fingerprint density at radius 3 is 1.61 bits per heavy atom. The van der Waals surface area contributed by atoms with E-state index in [9.17, 15) is 9.59 Å². The first-order valence-electron chi connectivity index (χ1n) is 6.72. The lowest BCUT2D eigenvalue weighted by molar-refractivity contribution is -0.157. The first-order valence-corrected chi connectivity index (χ1v) is 6.72. The Bertz CT molecular complexity index is 219. The first kappa shape index (κ1) is 16.9. The van der Waals surface area contributed by atoms with Gasteiger partial charge in [0.05, 0.1) is 13.2 Å². The Kier molecular flexibility index (Phi) is 10.3. The van der Waals surface area contributed by atoms with Crippen molar-refractivity contribution in [3.63, 3.8) is 0 Å². The van der Waals surface area contributed by atoms with Gasteiger partial charge in [-0.05, 0) is 12.8 Å². The fourth-order valence-corrected chi connectivity index (χ4v) is 1.33. The van der Waals surface area contributed by atoms with Gasteiger partial charge in [-0.25, -0.2) is 9.59 Å². The van der Waals surface area contributed by atoms with Crippen LogP contribution in [0.2, 0.25) is 0 Å². The van der Waals surface area contributed by atoms with Crippen molar-refractivity contribution in [1.82, 2.24) is 0 Å². The molecule has 0 aromatic heterocycles. The number of carbonyl (C=O) groups is 2. The Balaban J connectivity index is 3.72. The zero-order valence-electron chi connectivity index (χ0n) is 11.4. The van der Waals surface area contributed by atoms with Gasteiger partial charge < -0.3 is 15.2 Å². The molecule has 0 bridgehead atoms. The van der Waals surface area contributed by atoms with E-state index < -0.39 is 18.0 Å². The molecule has 0 aliphatic heterocycles. The van der Waals surface area contributed by atoms with E-state index in [1.165, 1.54) is 0 Å². The summed E-state index contributed by atoms with van der Waals surface area (Å²) in [4.78, 5) is 22.8. The number of hydrogen-bond acceptors (Lipinski definition) is 5. The van der Waals surface area contributed by atoms with E-state index in [-0.39, 0.29) is 0 Å². The molecule has 0 unspecified atom stereocenters. The fourth-order valence-electron chi connectivity index (χ4n) is 1.33. The van der Waals surface area contributed by atoms with Crippen LogP contribution >= 0.6 is 0 Å². The maximum Gasteiger partial charge on any atom is 0.334 e. The number of esters is 2. The third kappa shape index (κ3) is 8.06. The van der Waals surface area contributed by atoms with Crippen LogP contribution in [0.5, 0.6) is 0 Å². The molecule has 0 aromatic carbocycles. The second-order valence-corrected chi connectivity index (χ2v) is 4.23. The van der Waals surface area contributed by atoms with Gasteiger partial charge in [-0.1, -0.05) is 39.5 Å². The van der Waals surface area contributed by atoms with Crippen molar-refractivity contribution >= 4 is 11.9 Å². The first-order chi connectivity index (χ1) is 8.63. The van der Waals surface area contributed by atoms with E-state index >= 15 is 0 Å². The predicted octanol–water partition coefficient (Wildman–Crippen LogP) is 1.78. The third-order valence-corrected chi connectivity index (χ3v) is 2.49. The van der Waals surface area contributed by atoms with Gasteiger partial charge in [0.1, 0.15) is 0 Å². The summed E-state index contributed by atoms with van der Waals surface area (Å²) in [5.74, 6) is -1.40. The molecular formula is C13H25NO4. The van der Waals surface area contributed by atoms with E-state index in [4.69, 9.17) is 15.2 Å². The molecule has 5 heteroatoms. The van der Waals surface area contributed by atoms with Gasteiger partial charge >= 0.3 is 11.9 Å². The zero-order valence-corrected chi connectivity index (χ0v) is 11.4. The second kappa shape index (κ2) is 11.0. The molecule has 0 radical (unpaired) electrons. The largest absolute Gasteiger partial charge is 0.464 e. The zero-order chi connectivity index (χ0) is 13.8. The molecule has 0 aliphatic rings. The lowest BCUT2D eigenvalue weighted by atomic mass is 10.2. The standard InChI is InChI=1S/C13H25NO4/c1-3-5-7-9-17-12(15)11(14)13(16)18-10-8-6-4-2/h11H,3-10,14H2,1-2H3. The molecule has 0 saturated carbocycles. The number of nitrogens with two attached hydrogens (primary N) is 1. The van der Waals surface area contributed by atoms with E-state index in [1.54, 1.807) is 0 Å². The number of carbonyl (C=O) groups excluding carboxylic acids is 2. The fraction of sp³-hybridized carbons (Fsp3) is 0.846. The molecule has 0 spiro atoms. The molecule has 5 nitrogen and oxygen atoms in total. The van der Waals surface area contributed by atoms with Crippen LogP contribution in [-0.2, 0) is 19.1 Å². The van der Waals surface area contributed by atoms with Crippen LogP contribution in [0.15, 0.2) is 0 Å². The van der Waals surface area contributed by atoms with Gasteiger partial charge in [0.15, 0.2) is 0 Å². The highest BCUT2D eigenvalue weighted by molar-refractivity contribution is 5.98. The van der Waals surface area contributed by atoms with Crippen molar-refractivity contribution in [1.29, 1.82) is 0 Å². The van der Waals surface area contributed by atoms with Crippen LogP contribution in [0.1, 0.15) is 52.4 Å². The van der Waals surface area contributed by atoms with Gasteiger partial charge in [0.2, 0.25) is 6.04 Å². The van der Waals surface area contributed by atoms with E-state index in [2.05, 4.69) is 13.8 Å². The third-order valence-electron chi connectivity index (χ3n) is 2.49. The van der Waals surface area contributed by atoms with Gasteiger partial charge in [-0.3, -0.25) is 0 Å². The number of hydrogen-bond donors (Lipinski definition) is 1. The van der Waals surface area contributed by atoms with Crippen molar-refractivity contribution in [2.75, 3.05) is 13.2 Å². The molecule has 0 rings (SSSR count). The Labute approximate surface area is 109 Å². The van der Waals surface area contributed by atoms with Gasteiger partial charge in [0.25, 0.3) is 0 Å². The summed E-state index contributed by atoms with van der Waals surface area (Å²) in [6.45, 7) is 4.73. The smallest absolute Gasteiger partial charge is 0.334 e. The number of unbranched alkanes of at least 4 members (excludes halogenated alkanes) is 4. The van der Waals surface area contributed by atoms with Crippen molar-refractivity contribution in [3.05, 3.63) is 0 Å². The summed E-state index contributed by atoms with van der Waals surface area (Å²) < 4.78 is 9.78. The maximum absolute atomic E-state index is 11.4.